The average molecular weight is 156 g/mol. The smallest absolute Gasteiger partial charge is 0.349 e. The quantitative estimate of drug-likeness (QED) is 0.363. The van der Waals surface area contributed by atoms with Gasteiger partial charge >= 0.3 is 5.97 Å². The van der Waals surface area contributed by atoms with Crippen molar-refractivity contribution >= 4 is 5.97 Å². The lowest BCUT2D eigenvalue weighted by atomic mass is 10.2. The third kappa shape index (κ3) is 1.53. The van der Waals surface area contributed by atoms with Gasteiger partial charge in [-0.15, -0.1) is 5.53 Å². The van der Waals surface area contributed by atoms with Crippen LogP contribution >= 0.6 is 0 Å². The molecule has 0 bridgehead atoms. The second-order valence-corrected chi connectivity index (χ2v) is 2.34. The molecule has 1 aliphatic rings. The van der Waals surface area contributed by atoms with Crippen LogP contribution in [-0.4, -0.2) is 28.7 Å². The van der Waals surface area contributed by atoms with E-state index in [-0.39, 0.29) is 0 Å². The Kier molecular flexibility index (Phi) is 2.18. The Hall–Kier alpha value is -1.42. The number of azide groups is 1. The number of aliphatic carboxylic acids is 1. The van der Waals surface area contributed by atoms with Crippen molar-refractivity contribution in [2.75, 3.05) is 6.54 Å². The maximum Gasteiger partial charge on any atom is 0.349 e. The normalized spacial score (nSPS) is 22.9. The Labute approximate surface area is 63.0 Å². The third-order valence-electron chi connectivity index (χ3n) is 1.66. The van der Waals surface area contributed by atoms with E-state index in [4.69, 9.17) is 10.6 Å². The molecular weight excluding hydrogens is 148 g/mol. The zero-order valence-electron chi connectivity index (χ0n) is 5.84. The Balaban J connectivity index is 2.64. The molecule has 1 aliphatic heterocycles. The number of carbonyl (C=O) groups is 1. The van der Waals surface area contributed by atoms with Gasteiger partial charge in [-0.2, -0.15) is 4.91 Å². The van der Waals surface area contributed by atoms with Gasteiger partial charge in [-0.25, -0.2) is 9.80 Å². The van der Waals surface area contributed by atoms with E-state index in [0.717, 1.165) is 6.42 Å². The zero-order chi connectivity index (χ0) is 8.27. The van der Waals surface area contributed by atoms with Crippen molar-refractivity contribution in [3.05, 3.63) is 10.4 Å². The summed E-state index contributed by atoms with van der Waals surface area (Å²) in [4.78, 5) is 13.0. The van der Waals surface area contributed by atoms with Gasteiger partial charge in [-0.1, -0.05) is 0 Å². The van der Waals surface area contributed by atoms with Crippen molar-refractivity contribution in [1.82, 2.24) is 5.01 Å². The van der Waals surface area contributed by atoms with Crippen molar-refractivity contribution in [2.45, 2.75) is 18.9 Å². The number of carboxylic acid groups (broad SMARTS) is 1. The second kappa shape index (κ2) is 3.12. The summed E-state index contributed by atoms with van der Waals surface area (Å²) in [5.74, 6) is -0.921. The molecular formula is C5H8N4O2. The van der Waals surface area contributed by atoms with Crippen molar-refractivity contribution in [1.29, 1.82) is 0 Å². The number of hydrogen-bond donors (Lipinski definition) is 1. The van der Waals surface area contributed by atoms with Crippen LogP contribution in [-0.2, 0) is 4.79 Å². The molecule has 60 valence electrons. The minimum atomic E-state index is -0.921. The lowest BCUT2D eigenvalue weighted by Gasteiger charge is -2.10. The molecule has 0 aromatic heterocycles. The Morgan fingerprint density at radius 2 is 2.55 bits per heavy atom. The van der Waals surface area contributed by atoms with E-state index < -0.39 is 12.0 Å². The minimum Gasteiger partial charge on any atom is -0.478 e. The Bertz CT molecular complexity index is 203. The van der Waals surface area contributed by atoms with Crippen LogP contribution in [0.25, 0.3) is 10.4 Å². The van der Waals surface area contributed by atoms with Crippen LogP contribution in [0.3, 0.4) is 0 Å². The maximum atomic E-state index is 10.5. The summed E-state index contributed by atoms with van der Waals surface area (Å²) < 4.78 is 0. The van der Waals surface area contributed by atoms with Gasteiger partial charge in [0.1, 0.15) is 0 Å². The monoisotopic (exact) mass is 156 g/mol. The molecule has 11 heavy (non-hydrogen) atoms. The first-order valence-electron chi connectivity index (χ1n) is 3.30. The van der Waals surface area contributed by atoms with Crippen LogP contribution in [0, 0.1) is 0 Å². The lowest BCUT2D eigenvalue weighted by molar-refractivity contribution is -0.142. The minimum absolute atomic E-state index is 0.543. The van der Waals surface area contributed by atoms with E-state index in [1.165, 1.54) is 5.01 Å². The van der Waals surface area contributed by atoms with Gasteiger partial charge in [0.15, 0.2) is 6.04 Å². The van der Waals surface area contributed by atoms with Gasteiger partial charge < -0.3 is 5.11 Å². The Morgan fingerprint density at radius 3 is 3.09 bits per heavy atom. The van der Waals surface area contributed by atoms with Crippen LogP contribution in [0.5, 0.6) is 0 Å². The molecule has 1 N–H and O–H groups in total. The summed E-state index contributed by atoms with van der Waals surface area (Å²) >= 11 is 0. The molecule has 0 amide bonds. The van der Waals surface area contributed by atoms with E-state index >= 15 is 0 Å². The molecule has 0 aliphatic carbocycles. The molecule has 6 heteroatoms. The molecule has 0 radical (unpaired) electrons. The first kappa shape index (κ1) is 7.68. The maximum absolute atomic E-state index is 10.5. The molecule has 1 atom stereocenters. The topological polar surface area (TPSA) is 89.3 Å². The molecule has 1 heterocycles. The highest BCUT2D eigenvalue weighted by atomic mass is 16.4. The van der Waals surface area contributed by atoms with Crippen LogP contribution in [0.1, 0.15) is 12.8 Å². The molecule has 0 aromatic rings. The first-order valence-corrected chi connectivity index (χ1v) is 3.30. The van der Waals surface area contributed by atoms with Gasteiger partial charge in [-0.05, 0) is 11.6 Å². The molecule has 1 rings (SSSR count). The molecule has 0 spiro atoms. The summed E-state index contributed by atoms with van der Waals surface area (Å²) in [6, 6.07) is -0.620. The fraction of sp³-hybridized carbons (Fsp3) is 0.800. The summed E-state index contributed by atoms with van der Waals surface area (Å²) in [5.41, 5.74) is 8.05. The number of rotatable bonds is 2. The standard InChI is InChI=1S/C5H8N4O2/c6-7-8-9-3-1-2-4(9)5(10)11/h4H,1-3H2,(H,10,11)/t4-/m1/s1. The van der Waals surface area contributed by atoms with Crippen molar-refractivity contribution in [3.63, 3.8) is 0 Å². The summed E-state index contributed by atoms with van der Waals surface area (Å²) in [6.45, 7) is 0.543. The predicted octanol–water partition coefficient (Wildman–Crippen LogP) is 0.761. The van der Waals surface area contributed by atoms with Crippen LogP contribution in [0.15, 0.2) is 5.22 Å². The molecule has 6 nitrogen and oxygen atoms in total. The van der Waals surface area contributed by atoms with Gasteiger partial charge in [-0.3, -0.25) is 0 Å². The highest BCUT2D eigenvalue weighted by Crippen LogP contribution is 2.17. The van der Waals surface area contributed by atoms with Gasteiger partial charge in [0.05, 0.1) is 6.54 Å². The van der Waals surface area contributed by atoms with E-state index in [2.05, 4.69) is 10.1 Å². The van der Waals surface area contributed by atoms with Gasteiger partial charge in [0, 0.05) is 6.42 Å². The predicted molar refractivity (Wildman–Crippen MR) is 36.5 cm³/mol. The van der Waals surface area contributed by atoms with Crippen LogP contribution in [0.2, 0.25) is 0 Å². The number of carboxylic acids is 1. The fourth-order valence-corrected chi connectivity index (χ4v) is 1.16. The van der Waals surface area contributed by atoms with Crippen LogP contribution < -0.4 is 0 Å². The summed E-state index contributed by atoms with van der Waals surface area (Å²) in [5, 5.41) is 13.1. The van der Waals surface area contributed by atoms with Crippen molar-refractivity contribution in [3.8, 4) is 0 Å². The zero-order valence-corrected chi connectivity index (χ0v) is 5.84. The van der Waals surface area contributed by atoms with E-state index in [1.807, 2.05) is 0 Å². The molecule has 1 saturated heterocycles. The highest BCUT2D eigenvalue weighted by molar-refractivity contribution is 5.73. The number of nitrogens with zero attached hydrogens (tertiary/aromatic N) is 4. The molecule has 0 saturated carbocycles. The number of hydrogen-bond acceptors (Lipinski definition) is 2. The summed E-state index contributed by atoms with van der Waals surface area (Å²) in [7, 11) is 0. The SMILES string of the molecule is [N-]=[N+]=NN1CCC[C@@H]1C(=O)O. The van der Waals surface area contributed by atoms with Crippen LogP contribution in [0.4, 0.5) is 0 Å². The third-order valence-corrected chi connectivity index (χ3v) is 1.66. The molecule has 0 aromatic carbocycles. The summed E-state index contributed by atoms with van der Waals surface area (Å²) in [6.07, 6.45) is 1.34. The van der Waals surface area contributed by atoms with E-state index in [1.54, 1.807) is 0 Å². The Morgan fingerprint density at radius 1 is 1.82 bits per heavy atom. The lowest BCUT2D eigenvalue weighted by Crippen LogP contribution is -2.31. The van der Waals surface area contributed by atoms with Crippen molar-refractivity contribution < 1.29 is 9.90 Å². The largest absolute Gasteiger partial charge is 0.478 e. The van der Waals surface area contributed by atoms with E-state index in [0.29, 0.717) is 13.0 Å². The highest BCUT2D eigenvalue weighted by Gasteiger charge is 2.32. The fourth-order valence-electron chi connectivity index (χ4n) is 1.16. The molecule has 1 fully saturated rings. The van der Waals surface area contributed by atoms with E-state index in [9.17, 15) is 4.79 Å². The van der Waals surface area contributed by atoms with Gasteiger partial charge in [0.2, 0.25) is 0 Å². The molecule has 0 unspecified atom stereocenters. The first-order chi connectivity index (χ1) is 5.25. The second-order valence-electron chi connectivity index (χ2n) is 2.34. The van der Waals surface area contributed by atoms with Gasteiger partial charge in [0.25, 0.3) is 0 Å². The average Bonchev–Trinajstić information content (AvgIpc) is 2.36. The van der Waals surface area contributed by atoms with Crippen molar-refractivity contribution in [2.24, 2.45) is 5.22 Å².